The first kappa shape index (κ1) is 17.8. The Bertz CT molecular complexity index is 524. The fourth-order valence-electron chi connectivity index (χ4n) is 3.08. The first-order valence-electron chi connectivity index (χ1n) is 8.44. The van der Waals surface area contributed by atoms with Crippen LogP contribution in [-0.4, -0.2) is 36.2 Å². The van der Waals surface area contributed by atoms with E-state index in [-0.39, 0.29) is 11.5 Å². The number of hydrogen-bond donors (Lipinski definition) is 1. The van der Waals surface area contributed by atoms with Gasteiger partial charge in [0.25, 0.3) is 0 Å². The molecule has 1 aromatic rings. The number of benzene rings is 1. The first-order valence-corrected chi connectivity index (χ1v) is 8.44. The van der Waals surface area contributed by atoms with Crippen LogP contribution >= 0.6 is 0 Å². The molecule has 4 nitrogen and oxygen atoms in total. The highest BCUT2D eigenvalue weighted by Gasteiger charge is 2.36. The summed E-state index contributed by atoms with van der Waals surface area (Å²) in [6, 6.07) is 11.0. The number of rotatable bonds is 4. The summed E-state index contributed by atoms with van der Waals surface area (Å²) < 4.78 is 5.32. The fourth-order valence-corrected chi connectivity index (χ4v) is 3.08. The maximum Gasteiger partial charge on any atom is 0.407 e. The van der Waals surface area contributed by atoms with Gasteiger partial charge in [0, 0.05) is 19.1 Å². The predicted octanol–water partition coefficient (Wildman–Crippen LogP) is 3.98. The van der Waals surface area contributed by atoms with Crippen molar-refractivity contribution in [3.8, 4) is 0 Å². The average Bonchev–Trinajstić information content (AvgIpc) is 2.87. The number of ether oxygens (including phenoxy) is 1. The van der Waals surface area contributed by atoms with E-state index >= 15 is 0 Å². The highest BCUT2D eigenvalue weighted by Crippen LogP contribution is 2.34. The number of carbonyl (C=O) groups is 1. The van der Waals surface area contributed by atoms with Crippen LogP contribution in [0, 0.1) is 5.41 Å². The van der Waals surface area contributed by atoms with E-state index in [1.54, 1.807) is 0 Å². The lowest BCUT2D eigenvalue weighted by molar-refractivity contribution is 0.0503. The van der Waals surface area contributed by atoms with Crippen LogP contribution in [0.25, 0.3) is 0 Å². The highest BCUT2D eigenvalue weighted by atomic mass is 16.6. The molecule has 0 radical (unpaired) electrons. The molecule has 0 unspecified atom stereocenters. The first-order chi connectivity index (χ1) is 10.7. The molecule has 1 amide bonds. The summed E-state index contributed by atoms with van der Waals surface area (Å²) >= 11 is 0. The average molecular weight is 318 g/mol. The summed E-state index contributed by atoms with van der Waals surface area (Å²) in [5.74, 6) is 0. The third-order valence-corrected chi connectivity index (χ3v) is 4.48. The molecule has 4 heteroatoms. The number of alkyl carbamates (subject to hydrolysis) is 1. The normalized spacial score (nSPS) is 23.5. The van der Waals surface area contributed by atoms with Gasteiger partial charge in [-0.3, -0.25) is 4.90 Å². The maximum atomic E-state index is 11.8. The largest absolute Gasteiger partial charge is 0.444 e. The minimum atomic E-state index is -0.450. The second-order valence-electron chi connectivity index (χ2n) is 7.97. The number of hydrogen-bond acceptors (Lipinski definition) is 3. The lowest BCUT2D eigenvalue weighted by Gasteiger charge is -2.29. The maximum absolute atomic E-state index is 11.8. The van der Waals surface area contributed by atoms with E-state index in [0.29, 0.717) is 12.6 Å². The van der Waals surface area contributed by atoms with Crippen LogP contribution in [0.1, 0.15) is 52.6 Å². The third kappa shape index (κ3) is 5.24. The molecule has 1 N–H and O–H groups in total. The zero-order valence-corrected chi connectivity index (χ0v) is 15.1. The molecule has 0 aliphatic carbocycles. The van der Waals surface area contributed by atoms with Gasteiger partial charge in [0.1, 0.15) is 5.60 Å². The van der Waals surface area contributed by atoms with Crippen molar-refractivity contribution in [3.05, 3.63) is 35.9 Å². The van der Waals surface area contributed by atoms with Crippen molar-refractivity contribution in [2.75, 3.05) is 19.6 Å². The second-order valence-corrected chi connectivity index (χ2v) is 7.97. The summed E-state index contributed by atoms with van der Waals surface area (Å²) in [6.07, 6.45) is 0.758. The Balaban J connectivity index is 1.87. The number of amides is 1. The molecule has 0 saturated carbocycles. The van der Waals surface area contributed by atoms with E-state index in [1.165, 1.54) is 5.56 Å². The Kier molecular flexibility index (Phi) is 5.35. The van der Waals surface area contributed by atoms with E-state index in [9.17, 15) is 4.79 Å². The van der Waals surface area contributed by atoms with E-state index in [2.05, 4.69) is 54.4 Å². The van der Waals surface area contributed by atoms with Gasteiger partial charge in [-0.25, -0.2) is 4.79 Å². The van der Waals surface area contributed by atoms with Gasteiger partial charge >= 0.3 is 6.09 Å². The summed E-state index contributed by atoms with van der Waals surface area (Å²) in [5.41, 5.74) is 0.992. The summed E-state index contributed by atoms with van der Waals surface area (Å²) in [7, 11) is 0. The Hall–Kier alpha value is -1.55. The number of likely N-dealkylation sites (tertiary alicyclic amines) is 1. The molecule has 0 spiro atoms. The van der Waals surface area contributed by atoms with Crippen molar-refractivity contribution in [2.24, 2.45) is 5.41 Å². The van der Waals surface area contributed by atoms with E-state index in [4.69, 9.17) is 4.74 Å². The van der Waals surface area contributed by atoms with Crippen molar-refractivity contribution in [3.63, 3.8) is 0 Å². The van der Waals surface area contributed by atoms with Crippen molar-refractivity contribution in [2.45, 2.75) is 52.7 Å². The molecule has 23 heavy (non-hydrogen) atoms. The summed E-state index contributed by atoms with van der Waals surface area (Å²) in [4.78, 5) is 14.3. The van der Waals surface area contributed by atoms with Crippen LogP contribution in [0.2, 0.25) is 0 Å². The molecular weight excluding hydrogens is 288 g/mol. The van der Waals surface area contributed by atoms with Crippen molar-refractivity contribution >= 4 is 6.09 Å². The highest BCUT2D eigenvalue weighted by molar-refractivity contribution is 5.67. The van der Waals surface area contributed by atoms with Crippen LogP contribution in [0.3, 0.4) is 0 Å². The minimum Gasteiger partial charge on any atom is -0.444 e. The Morgan fingerprint density at radius 1 is 1.35 bits per heavy atom. The minimum absolute atomic E-state index is 0.0972. The molecule has 128 valence electrons. The molecule has 2 atom stereocenters. The lowest BCUT2D eigenvalue weighted by Crippen LogP contribution is -2.40. The SMILES string of the molecule is C[C@H](c1ccccc1)N1CC[C@@](C)(CNC(=O)OC(C)(C)C)C1. The molecule has 2 rings (SSSR count). The quantitative estimate of drug-likeness (QED) is 0.913. The van der Waals surface area contributed by atoms with Gasteiger partial charge in [-0.1, -0.05) is 37.3 Å². The number of nitrogens with zero attached hydrogens (tertiary/aromatic N) is 1. The van der Waals surface area contributed by atoms with Gasteiger partial charge in [0.2, 0.25) is 0 Å². The van der Waals surface area contributed by atoms with Crippen LogP contribution in [0.15, 0.2) is 30.3 Å². The fraction of sp³-hybridized carbons (Fsp3) is 0.632. The van der Waals surface area contributed by atoms with Crippen LogP contribution in [-0.2, 0) is 4.74 Å². The summed E-state index contributed by atoms with van der Waals surface area (Å²) in [6.45, 7) is 12.8. The lowest BCUT2D eigenvalue weighted by atomic mass is 9.90. The Labute approximate surface area is 140 Å². The molecule has 0 bridgehead atoms. The number of nitrogens with one attached hydrogen (secondary N) is 1. The monoisotopic (exact) mass is 318 g/mol. The second kappa shape index (κ2) is 6.91. The molecule has 1 aliphatic heterocycles. The van der Waals surface area contributed by atoms with E-state index < -0.39 is 5.60 Å². The molecule has 1 aliphatic rings. The molecule has 1 aromatic carbocycles. The van der Waals surface area contributed by atoms with Gasteiger partial charge in [0.05, 0.1) is 0 Å². The van der Waals surface area contributed by atoms with Gasteiger partial charge in [-0.2, -0.15) is 0 Å². The van der Waals surface area contributed by atoms with Crippen LogP contribution < -0.4 is 5.32 Å². The molecule has 1 saturated heterocycles. The van der Waals surface area contributed by atoms with Gasteiger partial charge in [0.15, 0.2) is 0 Å². The van der Waals surface area contributed by atoms with Crippen molar-refractivity contribution in [1.29, 1.82) is 0 Å². The zero-order chi connectivity index (χ0) is 17.1. The standard InChI is InChI=1S/C19H30N2O2/c1-15(16-9-7-6-8-10-16)21-12-11-19(5,14-21)13-20-17(22)23-18(2,3)4/h6-10,15H,11-14H2,1-5H3,(H,20,22)/t15-,19+/m1/s1. The summed E-state index contributed by atoms with van der Waals surface area (Å²) in [5, 5.41) is 2.93. The van der Waals surface area contributed by atoms with Crippen LogP contribution in [0.5, 0.6) is 0 Å². The van der Waals surface area contributed by atoms with Crippen LogP contribution in [0.4, 0.5) is 4.79 Å². The molecule has 1 heterocycles. The molecule has 0 aromatic heterocycles. The molecular formula is C19H30N2O2. The van der Waals surface area contributed by atoms with Gasteiger partial charge < -0.3 is 10.1 Å². The smallest absolute Gasteiger partial charge is 0.407 e. The van der Waals surface area contributed by atoms with Crippen molar-refractivity contribution in [1.82, 2.24) is 10.2 Å². The Morgan fingerprint density at radius 3 is 2.61 bits per heavy atom. The van der Waals surface area contributed by atoms with E-state index in [1.807, 2.05) is 20.8 Å². The zero-order valence-electron chi connectivity index (χ0n) is 15.1. The van der Waals surface area contributed by atoms with Gasteiger partial charge in [-0.05, 0) is 51.6 Å². The predicted molar refractivity (Wildman–Crippen MR) is 93.4 cm³/mol. The number of carbonyl (C=O) groups excluding carboxylic acids is 1. The third-order valence-electron chi connectivity index (χ3n) is 4.48. The van der Waals surface area contributed by atoms with E-state index in [0.717, 1.165) is 19.5 Å². The van der Waals surface area contributed by atoms with Crippen molar-refractivity contribution < 1.29 is 9.53 Å². The molecule has 1 fully saturated rings. The van der Waals surface area contributed by atoms with Gasteiger partial charge in [-0.15, -0.1) is 0 Å². The Morgan fingerprint density at radius 2 is 2.00 bits per heavy atom. The topological polar surface area (TPSA) is 41.6 Å².